The number of fused-ring (bicyclic) bond motifs is 1. The Labute approximate surface area is 193 Å². The zero-order valence-corrected chi connectivity index (χ0v) is 19.7. The summed E-state index contributed by atoms with van der Waals surface area (Å²) in [5.41, 5.74) is 3.09. The average Bonchev–Trinajstić information content (AvgIpc) is 3.41. The van der Waals surface area contributed by atoms with Gasteiger partial charge in [0.05, 0.1) is 11.8 Å². The van der Waals surface area contributed by atoms with E-state index in [1.54, 1.807) is 12.1 Å². The summed E-state index contributed by atoms with van der Waals surface area (Å²) in [6.07, 6.45) is 5.07. The Bertz CT molecular complexity index is 1080. The lowest BCUT2D eigenvalue weighted by molar-refractivity contribution is 0.0954. The molecule has 4 rings (SSSR count). The monoisotopic (exact) mass is 450 g/mol. The number of anilines is 1. The number of carbonyl (C=O) groups is 2. The van der Waals surface area contributed by atoms with Crippen molar-refractivity contribution in [2.45, 2.75) is 46.5 Å². The van der Waals surface area contributed by atoms with Crippen LogP contribution >= 0.6 is 11.3 Å². The lowest BCUT2D eigenvalue weighted by Crippen LogP contribution is -2.29. The highest BCUT2D eigenvalue weighted by Crippen LogP contribution is 2.44. The third kappa shape index (κ3) is 4.96. The summed E-state index contributed by atoms with van der Waals surface area (Å²) in [7, 11) is 0. The minimum absolute atomic E-state index is 0.123. The van der Waals surface area contributed by atoms with Crippen LogP contribution in [0.5, 0.6) is 0 Å². The zero-order valence-electron chi connectivity index (χ0n) is 18.9. The van der Waals surface area contributed by atoms with Crippen LogP contribution in [0.1, 0.15) is 64.1 Å². The number of carbonyl (C=O) groups excluding carboxylic acids is 2. The predicted molar refractivity (Wildman–Crippen MR) is 128 cm³/mol. The number of amides is 2. The number of benzene rings is 1. The molecule has 0 spiro atoms. The summed E-state index contributed by atoms with van der Waals surface area (Å²) < 4.78 is 5.24. The smallest absolute Gasteiger partial charge is 0.291 e. The van der Waals surface area contributed by atoms with Gasteiger partial charge in [-0.3, -0.25) is 9.59 Å². The summed E-state index contributed by atoms with van der Waals surface area (Å²) >= 11 is 1.53. The maximum absolute atomic E-state index is 13.3. The molecule has 0 radical (unpaired) electrons. The molecule has 0 saturated heterocycles. The van der Waals surface area contributed by atoms with Crippen LogP contribution < -0.4 is 10.6 Å². The Kier molecular flexibility index (Phi) is 6.51. The molecule has 168 valence electrons. The van der Waals surface area contributed by atoms with E-state index in [1.165, 1.54) is 28.0 Å². The van der Waals surface area contributed by atoms with E-state index in [-0.39, 0.29) is 23.0 Å². The van der Waals surface area contributed by atoms with Crippen molar-refractivity contribution in [3.05, 3.63) is 76.1 Å². The van der Waals surface area contributed by atoms with Gasteiger partial charge in [-0.05, 0) is 60.3 Å². The van der Waals surface area contributed by atoms with Crippen LogP contribution in [0.4, 0.5) is 5.00 Å². The largest absolute Gasteiger partial charge is 0.459 e. The summed E-state index contributed by atoms with van der Waals surface area (Å²) in [6, 6.07) is 13.4. The molecule has 1 aromatic carbocycles. The van der Waals surface area contributed by atoms with E-state index in [0.29, 0.717) is 23.0 Å². The van der Waals surface area contributed by atoms with Crippen LogP contribution in [0.15, 0.2) is 53.1 Å². The van der Waals surface area contributed by atoms with Crippen molar-refractivity contribution in [2.75, 3.05) is 11.9 Å². The van der Waals surface area contributed by atoms with Crippen molar-refractivity contribution in [2.24, 2.45) is 11.3 Å². The van der Waals surface area contributed by atoms with E-state index in [4.69, 9.17) is 4.42 Å². The molecule has 32 heavy (non-hydrogen) atoms. The summed E-state index contributed by atoms with van der Waals surface area (Å²) in [5, 5.41) is 6.62. The van der Waals surface area contributed by atoms with E-state index in [1.807, 2.05) is 18.2 Å². The Hall–Kier alpha value is -2.86. The van der Waals surface area contributed by atoms with Gasteiger partial charge in [0.1, 0.15) is 5.00 Å². The molecule has 1 atom stereocenters. The van der Waals surface area contributed by atoms with Crippen molar-refractivity contribution in [3.8, 4) is 0 Å². The van der Waals surface area contributed by atoms with Gasteiger partial charge in [-0.15, -0.1) is 11.3 Å². The number of rotatable bonds is 6. The Morgan fingerprint density at radius 1 is 1.09 bits per heavy atom. The van der Waals surface area contributed by atoms with Gasteiger partial charge >= 0.3 is 0 Å². The van der Waals surface area contributed by atoms with Crippen LogP contribution in [0.25, 0.3) is 0 Å². The number of hydrogen-bond donors (Lipinski definition) is 2. The van der Waals surface area contributed by atoms with E-state index < -0.39 is 0 Å². The second-order valence-corrected chi connectivity index (χ2v) is 10.5. The first kappa shape index (κ1) is 22.3. The molecular formula is C26H30N2O3S. The van der Waals surface area contributed by atoms with Crippen molar-refractivity contribution >= 4 is 28.2 Å². The molecule has 2 heterocycles. The third-order valence-electron chi connectivity index (χ3n) is 6.23. The molecule has 0 bridgehead atoms. The van der Waals surface area contributed by atoms with E-state index in [9.17, 15) is 9.59 Å². The second-order valence-electron chi connectivity index (χ2n) is 9.44. The molecule has 0 aliphatic heterocycles. The maximum Gasteiger partial charge on any atom is 0.291 e. The highest BCUT2D eigenvalue weighted by Gasteiger charge is 2.34. The second kappa shape index (κ2) is 9.33. The zero-order chi connectivity index (χ0) is 22.7. The van der Waals surface area contributed by atoms with Crippen molar-refractivity contribution in [1.29, 1.82) is 0 Å². The molecule has 2 N–H and O–H groups in total. The van der Waals surface area contributed by atoms with Gasteiger partial charge in [-0.2, -0.15) is 0 Å². The fourth-order valence-corrected chi connectivity index (χ4v) is 5.60. The van der Waals surface area contributed by atoms with E-state index >= 15 is 0 Å². The van der Waals surface area contributed by atoms with Gasteiger partial charge in [-0.25, -0.2) is 0 Å². The molecular weight excluding hydrogens is 420 g/mol. The molecule has 2 amide bonds. The highest BCUT2D eigenvalue weighted by molar-refractivity contribution is 7.17. The van der Waals surface area contributed by atoms with Crippen LogP contribution in [-0.2, 0) is 19.3 Å². The first-order chi connectivity index (χ1) is 15.3. The van der Waals surface area contributed by atoms with Gasteiger partial charge in [0.25, 0.3) is 11.8 Å². The van der Waals surface area contributed by atoms with Gasteiger partial charge in [0.15, 0.2) is 5.76 Å². The standard InChI is InChI=1S/C26H30N2O3S/c1-26(2,3)18-11-12-19-21(16-18)32-25(28-23(29)20-10-7-15-31-20)22(19)24(30)27-14-13-17-8-5-4-6-9-17/h4-10,15,18H,11-14,16H2,1-3H3,(H,27,30)(H,28,29). The van der Waals surface area contributed by atoms with Crippen LogP contribution in [0, 0.1) is 11.3 Å². The molecule has 6 heteroatoms. The lowest BCUT2D eigenvalue weighted by Gasteiger charge is -2.33. The average molecular weight is 451 g/mol. The quantitative estimate of drug-likeness (QED) is 0.505. The maximum atomic E-state index is 13.3. The number of hydrogen-bond acceptors (Lipinski definition) is 4. The molecule has 0 fully saturated rings. The minimum Gasteiger partial charge on any atom is -0.459 e. The molecule has 3 aromatic rings. The first-order valence-corrected chi connectivity index (χ1v) is 12.0. The number of thiophene rings is 1. The van der Waals surface area contributed by atoms with Gasteiger partial charge in [-0.1, -0.05) is 51.1 Å². The molecule has 5 nitrogen and oxygen atoms in total. The Morgan fingerprint density at radius 2 is 1.88 bits per heavy atom. The summed E-state index contributed by atoms with van der Waals surface area (Å²) in [6.45, 7) is 7.36. The van der Waals surface area contributed by atoms with Crippen LogP contribution in [0.2, 0.25) is 0 Å². The predicted octanol–water partition coefficient (Wildman–Crippen LogP) is 5.72. The number of nitrogens with one attached hydrogen (secondary N) is 2. The van der Waals surface area contributed by atoms with Crippen molar-refractivity contribution in [1.82, 2.24) is 5.32 Å². The van der Waals surface area contributed by atoms with Gasteiger partial charge in [0, 0.05) is 11.4 Å². The van der Waals surface area contributed by atoms with Crippen LogP contribution in [-0.4, -0.2) is 18.4 Å². The Balaban J connectivity index is 1.56. The van der Waals surface area contributed by atoms with Gasteiger partial charge in [0.2, 0.25) is 0 Å². The molecule has 1 aliphatic rings. The lowest BCUT2D eigenvalue weighted by atomic mass is 9.72. The summed E-state index contributed by atoms with van der Waals surface area (Å²) in [4.78, 5) is 27.1. The molecule has 1 unspecified atom stereocenters. The topological polar surface area (TPSA) is 71.3 Å². The number of furan rings is 1. The minimum atomic E-state index is -0.334. The molecule has 2 aromatic heterocycles. The third-order valence-corrected chi connectivity index (χ3v) is 7.40. The first-order valence-electron chi connectivity index (χ1n) is 11.1. The SMILES string of the molecule is CC(C)(C)C1CCc2c(sc(NC(=O)c3ccco3)c2C(=O)NCCc2ccccc2)C1. The van der Waals surface area contributed by atoms with Gasteiger partial charge < -0.3 is 15.1 Å². The Morgan fingerprint density at radius 3 is 2.56 bits per heavy atom. The van der Waals surface area contributed by atoms with Crippen molar-refractivity contribution < 1.29 is 14.0 Å². The fraction of sp³-hybridized carbons (Fsp3) is 0.385. The normalized spacial score (nSPS) is 15.8. The van der Waals surface area contributed by atoms with E-state index in [0.717, 1.165) is 31.2 Å². The van der Waals surface area contributed by atoms with Crippen molar-refractivity contribution in [3.63, 3.8) is 0 Å². The fourth-order valence-electron chi connectivity index (χ4n) is 4.28. The highest BCUT2D eigenvalue weighted by atomic mass is 32.1. The molecule has 1 aliphatic carbocycles. The van der Waals surface area contributed by atoms with E-state index in [2.05, 4.69) is 43.5 Å². The van der Waals surface area contributed by atoms with Crippen LogP contribution in [0.3, 0.4) is 0 Å². The molecule has 0 saturated carbocycles. The summed E-state index contributed by atoms with van der Waals surface area (Å²) in [5.74, 6) is 0.331.